The summed E-state index contributed by atoms with van der Waals surface area (Å²) in [4.78, 5) is 2.60. The predicted molar refractivity (Wildman–Crippen MR) is 88.0 cm³/mol. The molecular formula is C18H32N2O. The van der Waals surface area contributed by atoms with Crippen molar-refractivity contribution >= 4 is 0 Å². The fourth-order valence-electron chi connectivity index (χ4n) is 3.19. The van der Waals surface area contributed by atoms with Crippen LogP contribution < -0.4 is 5.73 Å². The molecule has 0 radical (unpaired) electrons. The molecular weight excluding hydrogens is 260 g/mol. The number of furan rings is 1. The molecule has 1 aliphatic carbocycles. The van der Waals surface area contributed by atoms with Crippen LogP contribution in [0.25, 0.3) is 0 Å². The lowest BCUT2D eigenvalue weighted by molar-refractivity contribution is 0.183. The summed E-state index contributed by atoms with van der Waals surface area (Å²) < 4.78 is 5.50. The molecule has 3 heteroatoms. The van der Waals surface area contributed by atoms with Gasteiger partial charge in [-0.05, 0) is 68.7 Å². The van der Waals surface area contributed by atoms with Crippen LogP contribution in [-0.2, 0) is 6.54 Å². The summed E-state index contributed by atoms with van der Waals surface area (Å²) in [5.41, 5.74) is 6.15. The zero-order valence-electron chi connectivity index (χ0n) is 14.0. The van der Waals surface area contributed by atoms with E-state index in [1.54, 1.807) is 6.26 Å². The number of nitrogens with two attached hydrogens (primary N) is 1. The largest absolute Gasteiger partial charge is 0.468 e. The van der Waals surface area contributed by atoms with Gasteiger partial charge in [-0.1, -0.05) is 20.8 Å². The van der Waals surface area contributed by atoms with Gasteiger partial charge in [-0.3, -0.25) is 4.90 Å². The van der Waals surface area contributed by atoms with Crippen molar-refractivity contribution in [3.8, 4) is 0 Å². The van der Waals surface area contributed by atoms with Crippen molar-refractivity contribution in [3.05, 3.63) is 24.2 Å². The normalized spacial score (nSPS) is 17.4. The molecule has 1 heterocycles. The molecule has 120 valence electrons. The Morgan fingerprint density at radius 2 is 2.10 bits per heavy atom. The highest BCUT2D eigenvalue weighted by Gasteiger charge is 2.30. The van der Waals surface area contributed by atoms with Crippen LogP contribution in [0.2, 0.25) is 0 Å². The van der Waals surface area contributed by atoms with Gasteiger partial charge in [-0.15, -0.1) is 0 Å². The second-order valence-electron chi connectivity index (χ2n) is 7.56. The van der Waals surface area contributed by atoms with Gasteiger partial charge in [0.05, 0.1) is 12.8 Å². The highest BCUT2D eigenvalue weighted by Crippen LogP contribution is 2.33. The Morgan fingerprint density at radius 1 is 1.33 bits per heavy atom. The predicted octanol–water partition coefficient (Wildman–Crippen LogP) is 4.04. The van der Waals surface area contributed by atoms with Gasteiger partial charge in [0, 0.05) is 6.04 Å². The maximum atomic E-state index is 5.78. The topological polar surface area (TPSA) is 42.4 Å². The zero-order valence-corrected chi connectivity index (χ0v) is 14.0. The van der Waals surface area contributed by atoms with Gasteiger partial charge in [-0.2, -0.15) is 0 Å². The summed E-state index contributed by atoms with van der Waals surface area (Å²) in [6.45, 7) is 9.98. The molecule has 0 amide bonds. The first kappa shape index (κ1) is 16.6. The Morgan fingerprint density at radius 3 is 2.62 bits per heavy atom. The van der Waals surface area contributed by atoms with Crippen LogP contribution in [-0.4, -0.2) is 24.0 Å². The lowest BCUT2D eigenvalue weighted by Crippen LogP contribution is -2.29. The minimum atomic E-state index is 0.366. The minimum Gasteiger partial charge on any atom is -0.468 e. The summed E-state index contributed by atoms with van der Waals surface area (Å²) >= 11 is 0. The molecule has 1 unspecified atom stereocenters. The second-order valence-corrected chi connectivity index (χ2v) is 7.56. The smallest absolute Gasteiger partial charge is 0.117 e. The molecule has 1 aliphatic rings. The van der Waals surface area contributed by atoms with Gasteiger partial charge in [0.1, 0.15) is 5.76 Å². The van der Waals surface area contributed by atoms with Gasteiger partial charge in [0.2, 0.25) is 0 Å². The molecule has 0 aromatic carbocycles. The van der Waals surface area contributed by atoms with Crippen LogP contribution in [0.1, 0.15) is 58.6 Å². The molecule has 1 aromatic heterocycles. The molecule has 2 N–H and O–H groups in total. The van der Waals surface area contributed by atoms with E-state index in [1.165, 1.54) is 32.2 Å². The standard InChI is InChI=1S/C18H32N2O/c1-18(2,3)15(10-11-19)6-4-12-20(16-8-9-16)14-17-7-5-13-21-17/h5,7,13,15-16H,4,6,8-12,14,19H2,1-3H3. The molecule has 3 nitrogen and oxygen atoms in total. The van der Waals surface area contributed by atoms with Crippen molar-refractivity contribution in [1.82, 2.24) is 4.90 Å². The Kier molecular flexibility index (Phi) is 5.88. The van der Waals surface area contributed by atoms with Gasteiger partial charge in [-0.25, -0.2) is 0 Å². The van der Waals surface area contributed by atoms with Gasteiger partial charge in [0.25, 0.3) is 0 Å². The maximum Gasteiger partial charge on any atom is 0.117 e. The van der Waals surface area contributed by atoms with E-state index in [9.17, 15) is 0 Å². The Bertz CT molecular complexity index is 390. The van der Waals surface area contributed by atoms with Crippen molar-refractivity contribution in [3.63, 3.8) is 0 Å². The number of hydrogen-bond donors (Lipinski definition) is 1. The summed E-state index contributed by atoms with van der Waals surface area (Å²) in [7, 11) is 0. The van der Waals surface area contributed by atoms with Crippen LogP contribution in [0.5, 0.6) is 0 Å². The van der Waals surface area contributed by atoms with Crippen LogP contribution in [0.3, 0.4) is 0 Å². The number of rotatable bonds is 9. The van der Waals surface area contributed by atoms with Gasteiger partial charge >= 0.3 is 0 Å². The van der Waals surface area contributed by atoms with Crippen LogP contribution in [0.4, 0.5) is 0 Å². The van der Waals surface area contributed by atoms with Gasteiger partial charge < -0.3 is 10.2 Å². The lowest BCUT2D eigenvalue weighted by Gasteiger charge is -2.31. The first-order chi connectivity index (χ1) is 10.0. The quantitative estimate of drug-likeness (QED) is 0.747. The molecule has 21 heavy (non-hydrogen) atoms. The Balaban J connectivity index is 1.78. The fraction of sp³-hybridized carbons (Fsp3) is 0.778. The minimum absolute atomic E-state index is 0.366. The molecule has 0 spiro atoms. The van der Waals surface area contributed by atoms with E-state index in [2.05, 4.69) is 31.7 Å². The summed E-state index contributed by atoms with van der Waals surface area (Å²) in [5, 5.41) is 0. The van der Waals surface area contributed by atoms with Crippen molar-refractivity contribution < 1.29 is 4.42 Å². The fourth-order valence-corrected chi connectivity index (χ4v) is 3.19. The van der Waals surface area contributed by atoms with Crippen LogP contribution in [0.15, 0.2) is 22.8 Å². The van der Waals surface area contributed by atoms with Crippen LogP contribution >= 0.6 is 0 Å². The third-order valence-corrected chi connectivity index (χ3v) is 4.74. The second kappa shape index (κ2) is 7.46. The third kappa shape index (κ3) is 5.48. The maximum absolute atomic E-state index is 5.78. The summed E-state index contributed by atoms with van der Waals surface area (Å²) in [5.74, 6) is 1.82. The molecule has 0 aliphatic heterocycles. The summed E-state index contributed by atoms with van der Waals surface area (Å²) in [6, 6.07) is 4.86. The summed E-state index contributed by atoms with van der Waals surface area (Å²) in [6.07, 6.45) is 8.17. The van der Waals surface area contributed by atoms with Crippen molar-refractivity contribution in [2.45, 2.75) is 65.5 Å². The Hall–Kier alpha value is -0.800. The van der Waals surface area contributed by atoms with Crippen LogP contribution in [0, 0.1) is 11.3 Å². The average molecular weight is 292 g/mol. The van der Waals surface area contributed by atoms with E-state index in [-0.39, 0.29) is 0 Å². The number of hydrogen-bond acceptors (Lipinski definition) is 3. The third-order valence-electron chi connectivity index (χ3n) is 4.74. The first-order valence-electron chi connectivity index (χ1n) is 8.47. The highest BCUT2D eigenvalue weighted by molar-refractivity contribution is 4.99. The van der Waals surface area contributed by atoms with E-state index in [0.29, 0.717) is 5.41 Å². The SMILES string of the molecule is CC(C)(C)C(CCN)CCCN(Cc1ccco1)C1CC1. The first-order valence-corrected chi connectivity index (χ1v) is 8.47. The van der Waals surface area contributed by atoms with E-state index in [0.717, 1.165) is 37.2 Å². The highest BCUT2D eigenvalue weighted by atomic mass is 16.3. The molecule has 1 saturated carbocycles. The van der Waals surface area contributed by atoms with E-state index >= 15 is 0 Å². The van der Waals surface area contributed by atoms with E-state index in [4.69, 9.17) is 10.2 Å². The molecule has 1 fully saturated rings. The number of nitrogens with zero attached hydrogens (tertiary/aromatic N) is 1. The van der Waals surface area contributed by atoms with Crippen molar-refractivity contribution in [1.29, 1.82) is 0 Å². The Labute approximate surface area is 129 Å². The van der Waals surface area contributed by atoms with Gasteiger partial charge in [0.15, 0.2) is 0 Å². The molecule has 0 saturated heterocycles. The van der Waals surface area contributed by atoms with Crippen molar-refractivity contribution in [2.75, 3.05) is 13.1 Å². The average Bonchev–Trinajstić information content (AvgIpc) is 3.13. The van der Waals surface area contributed by atoms with E-state index in [1.807, 2.05) is 6.07 Å². The molecule has 2 rings (SSSR count). The monoisotopic (exact) mass is 292 g/mol. The molecule has 1 atom stereocenters. The zero-order chi connectivity index (χ0) is 15.3. The van der Waals surface area contributed by atoms with E-state index < -0.39 is 0 Å². The molecule has 1 aromatic rings. The van der Waals surface area contributed by atoms with Crippen molar-refractivity contribution in [2.24, 2.45) is 17.1 Å². The molecule has 0 bridgehead atoms. The lowest BCUT2D eigenvalue weighted by atomic mass is 9.76.